The number of anilines is 1. The van der Waals surface area contributed by atoms with E-state index in [0.717, 1.165) is 21.5 Å². The van der Waals surface area contributed by atoms with Gasteiger partial charge in [0.2, 0.25) is 0 Å². The Morgan fingerprint density at radius 2 is 1.92 bits per heavy atom. The van der Waals surface area contributed by atoms with Crippen molar-refractivity contribution in [1.82, 2.24) is 15.2 Å². The zero-order valence-electron chi connectivity index (χ0n) is 20.4. The van der Waals surface area contributed by atoms with Crippen molar-refractivity contribution in [2.75, 3.05) is 37.2 Å². The molecule has 0 amide bonds. The first-order valence-electron chi connectivity index (χ1n) is 12.3. The highest BCUT2D eigenvalue weighted by Gasteiger charge is 2.57. The Hall–Kier alpha value is -2.34. The highest BCUT2D eigenvalue weighted by Crippen LogP contribution is 2.46. The third kappa shape index (κ3) is 6.62. The molecule has 1 fully saturated rings. The number of hydrogen-bond donors (Lipinski definition) is 3. The van der Waals surface area contributed by atoms with Gasteiger partial charge in [0.1, 0.15) is 18.1 Å². The Kier molecular flexibility index (Phi) is 8.18. The van der Waals surface area contributed by atoms with Gasteiger partial charge in [0.05, 0.1) is 11.9 Å². The number of hydrogen-bond acceptors (Lipinski definition) is 7. The summed E-state index contributed by atoms with van der Waals surface area (Å²) in [5.41, 5.74) is 0.298. The maximum absolute atomic E-state index is 13.2. The van der Waals surface area contributed by atoms with Crippen LogP contribution in [0, 0.1) is 0 Å². The number of nitrogens with zero attached hydrogens (tertiary/aromatic N) is 2. The van der Waals surface area contributed by atoms with Gasteiger partial charge >= 0.3 is 6.18 Å². The molecule has 2 aromatic carbocycles. The number of thioether (sulfide) groups is 1. The molecule has 6 nitrogen and oxygen atoms in total. The maximum Gasteiger partial charge on any atom is 0.392 e. The van der Waals surface area contributed by atoms with Gasteiger partial charge in [-0.15, -0.1) is 11.8 Å². The number of pyridine rings is 1. The maximum atomic E-state index is 13.2. The van der Waals surface area contributed by atoms with Gasteiger partial charge in [0, 0.05) is 59.1 Å². The van der Waals surface area contributed by atoms with Crippen molar-refractivity contribution < 1.29 is 23.0 Å². The summed E-state index contributed by atoms with van der Waals surface area (Å²) in [6.45, 7) is 2.24. The van der Waals surface area contributed by atoms with Gasteiger partial charge in [-0.2, -0.15) is 13.2 Å². The second kappa shape index (κ2) is 11.4. The molecule has 3 N–H and O–H groups in total. The molecule has 5 rings (SSSR count). The molecule has 38 heavy (non-hydrogen) atoms. The van der Waals surface area contributed by atoms with Crippen molar-refractivity contribution in [2.45, 2.75) is 35.5 Å². The molecule has 0 bridgehead atoms. The van der Waals surface area contributed by atoms with Crippen LogP contribution in [0.25, 0.3) is 10.9 Å². The van der Waals surface area contributed by atoms with E-state index in [9.17, 15) is 18.3 Å². The van der Waals surface area contributed by atoms with Gasteiger partial charge in [0.15, 0.2) is 0 Å². The molecule has 0 spiro atoms. The predicted molar refractivity (Wildman–Crippen MR) is 144 cm³/mol. The van der Waals surface area contributed by atoms with Gasteiger partial charge in [-0.25, -0.2) is 4.90 Å². The number of halogens is 4. The third-order valence-electron chi connectivity index (χ3n) is 6.51. The van der Waals surface area contributed by atoms with E-state index in [2.05, 4.69) is 15.6 Å². The molecular weight excluding hydrogens is 537 g/mol. The number of rotatable bonds is 11. The first kappa shape index (κ1) is 27.2. The van der Waals surface area contributed by atoms with Crippen molar-refractivity contribution in [1.29, 1.82) is 0 Å². The van der Waals surface area contributed by atoms with Crippen molar-refractivity contribution in [3.63, 3.8) is 0 Å². The van der Waals surface area contributed by atoms with Crippen LogP contribution < -0.4 is 10.6 Å². The second-order valence-corrected chi connectivity index (χ2v) is 10.8. The average molecular weight is 565 g/mol. The number of ether oxygens (including phenoxy) is 1. The van der Waals surface area contributed by atoms with E-state index in [1.165, 1.54) is 17.8 Å². The molecule has 1 aromatic heterocycles. The van der Waals surface area contributed by atoms with Crippen LogP contribution in [0.4, 0.5) is 18.9 Å². The summed E-state index contributed by atoms with van der Waals surface area (Å²) in [6.07, 6.45) is -3.56. The zero-order valence-corrected chi connectivity index (χ0v) is 22.0. The summed E-state index contributed by atoms with van der Waals surface area (Å²) >= 11 is 7.46. The number of aromatic nitrogens is 1. The van der Waals surface area contributed by atoms with Crippen LogP contribution in [0.15, 0.2) is 77.3 Å². The summed E-state index contributed by atoms with van der Waals surface area (Å²) < 4.78 is 45.1. The fourth-order valence-electron chi connectivity index (χ4n) is 4.71. The standard InChI is InChI=1S/C27H28ClF3N4O2S/c28-19-6-7-21-22(8-9-33-23(21)14-19)34-11-10-32-12-13-35-25-24(37-25)18(16-27(29,30)31)15-26(35,36)17-38-20-4-2-1-3-5-20/h1-9,14-15,24-25,32,36H,10-13,16-17H2,(H,33,34). The smallest absolute Gasteiger partial charge is 0.383 e. The van der Waals surface area contributed by atoms with Gasteiger partial charge in [-0.1, -0.05) is 29.8 Å². The lowest BCUT2D eigenvalue weighted by molar-refractivity contribution is -0.129. The monoisotopic (exact) mass is 564 g/mol. The van der Waals surface area contributed by atoms with E-state index >= 15 is 0 Å². The number of fused-ring (bicyclic) bond motifs is 2. The van der Waals surface area contributed by atoms with Crippen LogP contribution in [0.1, 0.15) is 6.42 Å². The summed E-state index contributed by atoms with van der Waals surface area (Å²) in [5.74, 6) is 0.186. The highest BCUT2D eigenvalue weighted by molar-refractivity contribution is 7.99. The molecule has 2 aliphatic heterocycles. The molecule has 0 saturated carbocycles. The van der Waals surface area contributed by atoms with E-state index in [1.807, 2.05) is 54.6 Å². The molecule has 2 aliphatic rings. The largest absolute Gasteiger partial charge is 0.392 e. The van der Waals surface area contributed by atoms with Crippen molar-refractivity contribution >= 4 is 40.0 Å². The molecule has 3 atom stereocenters. The lowest BCUT2D eigenvalue weighted by Crippen LogP contribution is -2.56. The Balaban J connectivity index is 1.18. The van der Waals surface area contributed by atoms with Crippen LogP contribution in [0.5, 0.6) is 0 Å². The Morgan fingerprint density at radius 1 is 1.11 bits per heavy atom. The topological polar surface area (TPSA) is 73.0 Å². The second-order valence-electron chi connectivity index (χ2n) is 9.33. The quantitative estimate of drug-likeness (QED) is 0.126. The van der Waals surface area contributed by atoms with E-state index in [1.54, 1.807) is 11.1 Å². The molecule has 3 aromatic rings. The average Bonchev–Trinajstić information content (AvgIpc) is 3.67. The van der Waals surface area contributed by atoms with Crippen LogP contribution in [0.2, 0.25) is 5.02 Å². The van der Waals surface area contributed by atoms with Crippen LogP contribution in [-0.2, 0) is 4.74 Å². The van der Waals surface area contributed by atoms with Crippen LogP contribution in [-0.4, -0.2) is 71.2 Å². The number of epoxide rings is 1. The van der Waals surface area contributed by atoms with Gasteiger partial charge in [-0.05, 0) is 48.0 Å². The van der Waals surface area contributed by atoms with E-state index < -0.39 is 30.7 Å². The highest BCUT2D eigenvalue weighted by atomic mass is 35.5. The molecule has 202 valence electrons. The minimum absolute atomic E-state index is 0.0953. The van der Waals surface area contributed by atoms with Crippen molar-refractivity contribution in [3.05, 3.63) is 77.5 Å². The Bertz CT molecular complexity index is 1300. The van der Waals surface area contributed by atoms with Crippen molar-refractivity contribution in [3.8, 4) is 0 Å². The van der Waals surface area contributed by atoms with E-state index in [-0.39, 0.29) is 11.3 Å². The Labute approximate surface area is 228 Å². The summed E-state index contributed by atoms with van der Waals surface area (Å²) in [6, 6.07) is 17.0. The lowest BCUT2D eigenvalue weighted by atomic mass is 9.97. The summed E-state index contributed by atoms with van der Waals surface area (Å²) in [7, 11) is 0. The van der Waals surface area contributed by atoms with Gasteiger partial charge in [-0.3, -0.25) is 4.98 Å². The fourth-order valence-corrected chi connectivity index (χ4v) is 5.86. The van der Waals surface area contributed by atoms with E-state index in [4.69, 9.17) is 16.3 Å². The minimum atomic E-state index is -4.36. The lowest BCUT2D eigenvalue weighted by Gasteiger charge is -2.39. The number of alkyl halides is 3. The predicted octanol–water partition coefficient (Wildman–Crippen LogP) is 5.29. The normalized spacial score (nSPS) is 23.2. The fraction of sp³-hybridized carbons (Fsp3) is 0.370. The summed E-state index contributed by atoms with van der Waals surface area (Å²) in [4.78, 5) is 7.04. The molecule has 3 heterocycles. The molecule has 1 saturated heterocycles. The molecule has 3 unspecified atom stereocenters. The van der Waals surface area contributed by atoms with E-state index in [0.29, 0.717) is 31.2 Å². The van der Waals surface area contributed by atoms with Gasteiger partial charge < -0.3 is 20.5 Å². The first-order valence-corrected chi connectivity index (χ1v) is 13.7. The molecule has 11 heteroatoms. The van der Waals surface area contributed by atoms with Crippen LogP contribution in [0.3, 0.4) is 0 Å². The number of benzene rings is 2. The van der Waals surface area contributed by atoms with Crippen LogP contribution >= 0.6 is 23.4 Å². The SMILES string of the molecule is OC1(CSc2ccccc2)C=C(CC(F)(F)F)C2OC2N1CCNCCNc1ccnc2cc(Cl)ccc12. The molecule has 0 aliphatic carbocycles. The summed E-state index contributed by atoms with van der Waals surface area (Å²) in [5, 5.41) is 19.9. The zero-order chi connectivity index (χ0) is 26.8. The minimum Gasteiger partial charge on any atom is -0.383 e. The molecule has 0 radical (unpaired) electrons. The molecular formula is C27H28ClF3N4O2S. The first-order chi connectivity index (χ1) is 18.2. The van der Waals surface area contributed by atoms with Gasteiger partial charge in [0.25, 0.3) is 0 Å². The van der Waals surface area contributed by atoms with Crippen molar-refractivity contribution in [2.24, 2.45) is 0 Å². The third-order valence-corrected chi connectivity index (χ3v) is 7.92. The number of nitrogens with one attached hydrogen (secondary N) is 2. The number of aliphatic hydroxyl groups is 1. The Morgan fingerprint density at radius 3 is 2.71 bits per heavy atom.